The Kier molecular flexibility index (Phi) is 6.35. The third kappa shape index (κ3) is 3.92. The number of benzene rings is 3. The van der Waals surface area contributed by atoms with Crippen molar-refractivity contribution in [2.75, 3.05) is 0 Å². The number of amides is 1. The third-order valence-corrected chi connectivity index (χ3v) is 6.29. The van der Waals surface area contributed by atoms with Crippen LogP contribution >= 0.6 is 23.2 Å². The summed E-state index contributed by atoms with van der Waals surface area (Å²) in [5.74, 6) is -0.286. The third-order valence-electron chi connectivity index (χ3n) is 5.63. The molecule has 4 nitrogen and oxygen atoms in total. The van der Waals surface area contributed by atoms with Gasteiger partial charge in [0.05, 0.1) is 22.0 Å². The molecule has 4 aromatic rings. The fourth-order valence-corrected chi connectivity index (χ4v) is 4.61. The Morgan fingerprint density at radius 1 is 0.938 bits per heavy atom. The number of hydrogen-bond acceptors (Lipinski definition) is 2. The first-order valence-corrected chi connectivity index (χ1v) is 11.1. The molecule has 3 aromatic carbocycles. The number of fused-ring (bicyclic) bond motifs is 1. The molecule has 6 heteroatoms. The van der Waals surface area contributed by atoms with Crippen molar-refractivity contribution in [3.8, 4) is 5.69 Å². The van der Waals surface area contributed by atoms with E-state index >= 15 is 0 Å². The topological polar surface area (TPSA) is 51.1 Å². The smallest absolute Gasteiger partial charge is 0.264 e. The molecule has 1 atom stereocenters. The molecule has 162 valence electrons. The van der Waals surface area contributed by atoms with Crippen molar-refractivity contribution < 1.29 is 4.79 Å². The number of carbonyl (C=O) groups excluding carboxylic acids is 1. The zero-order valence-corrected chi connectivity index (χ0v) is 19.2. The molecule has 0 aliphatic rings. The number of pyridine rings is 1. The van der Waals surface area contributed by atoms with Gasteiger partial charge >= 0.3 is 0 Å². The van der Waals surface area contributed by atoms with E-state index in [9.17, 15) is 9.59 Å². The molecule has 0 radical (unpaired) electrons. The summed E-state index contributed by atoms with van der Waals surface area (Å²) in [4.78, 5) is 27.0. The number of nitrogens with zero attached hydrogens (tertiary/aromatic N) is 1. The highest BCUT2D eigenvalue weighted by Crippen LogP contribution is 2.29. The number of aromatic nitrogens is 1. The minimum Gasteiger partial charge on any atom is -0.345 e. The monoisotopic (exact) mass is 464 g/mol. The first-order valence-electron chi connectivity index (χ1n) is 10.4. The van der Waals surface area contributed by atoms with Crippen molar-refractivity contribution in [2.45, 2.75) is 26.3 Å². The van der Waals surface area contributed by atoms with Gasteiger partial charge in [0.25, 0.3) is 11.5 Å². The van der Waals surface area contributed by atoms with Crippen LogP contribution in [0.4, 0.5) is 0 Å². The molecule has 1 N–H and O–H groups in total. The van der Waals surface area contributed by atoms with Gasteiger partial charge in [-0.2, -0.15) is 0 Å². The fourth-order valence-electron chi connectivity index (χ4n) is 4.08. The Labute approximate surface area is 196 Å². The molecule has 32 heavy (non-hydrogen) atoms. The molecule has 0 spiro atoms. The number of hydrogen-bond donors (Lipinski definition) is 1. The number of rotatable bonds is 5. The van der Waals surface area contributed by atoms with Gasteiger partial charge in [-0.25, -0.2) is 0 Å². The van der Waals surface area contributed by atoms with Gasteiger partial charge in [-0.15, -0.1) is 0 Å². The van der Waals surface area contributed by atoms with E-state index < -0.39 is 0 Å². The maximum Gasteiger partial charge on any atom is 0.264 e. The summed E-state index contributed by atoms with van der Waals surface area (Å²) in [6, 6.07) is 21.6. The van der Waals surface area contributed by atoms with Gasteiger partial charge in [-0.05, 0) is 43.2 Å². The van der Waals surface area contributed by atoms with Crippen molar-refractivity contribution in [3.63, 3.8) is 0 Å². The SMILES string of the molecule is CC[C@H](NC(=O)c1c(C)n(-c2ccccc2)c(=O)c2c(Cl)cccc12)c1ccccc1Cl. The van der Waals surface area contributed by atoms with Crippen LogP contribution in [0.1, 0.15) is 41.0 Å². The lowest BCUT2D eigenvalue weighted by atomic mass is 10.0. The second-order valence-corrected chi connectivity index (χ2v) is 8.37. The van der Waals surface area contributed by atoms with E-state index in [1.165, 1.54) is 0 Å². The Morgan fingerprint density at radius 2 is 1.59 bits per heavy atom. The number of para-hydroxylation sites is 1. The lowest BCUT2D eigenvalue weighted by molar-refractivity contribution is 0.0936. The van der Waals surface area contributed by atoms with E-state index in [4.69, 9.17) is 23.2 Å². The Balaban J connectivity index is 1.92. The van der Waals surface area contributed by atoms with Crippen molar-refractivity contribution in [2.24, 2.45) is 0 Å². The molecule has 0 saturated carbocycles. The molecule has 1 amide bonds. The molecule has 0 fully saturated rings. The van der Waals surface area contributed by atoms with Crippen molar-refractivity contribution in [1.29, 1.82) is 0 Å². The minimum absolute atomic E-state index is 0.260. The summed E-state index contributed by atoms with van der Waals surface area (Å²) >= 11 is 12.8. The largest absolute Gasteiger partial charge is 0.345 e. The van der Waals surface area contributed by atoms with Crippen LogP contribution in [0.15, 0.2) is 77.6 Å². The lowest BCUT2D eigenvalue weighted by Gasteiger charge is -2.22. The van der Waals surface area contributed by atoms with Gasteiger partial charge < -0.3 is 5.32 Å². The summed E-state index contributed by atoms with van der Waals surface area (Å²) in [6.07, 6.45) is 0.658. The molecule has 0 saturated heterocycles. The second kappa shape index (κ2) is 9.19. The van der Waals surface area contributed by atoms with Gasteiger partial charge in [0.1, 0.15) is 0 Å². The van der Waals surface area contributed by atoms with Gasteiger partial charge in [-0.3, -0.25) is 14.2 Å². The van der Waals surface area contributed by atoms with Crippen LogP contribution in [0.5, 0.6) is 0 Å². The average molecular weight is 465 g/mol. The predicted molar refractivity (Wildman–Crippen MR) is 131 cm³/mol. The standard InChI is InChI=1S/C26H22Cl2N2O2/c1-3-22(18-12-7-8-14-20(18)27)29-25(31)23-16(2)30(17-10-5-4-6-11-17)26(32)24-19(23)13-9-15-21(24)28/h4-15,22H,3H2,1-2H3,(H,29,31)/t22-/m0/s1. The van der Waals surface area contributed by atoms with Crippen molar-refractivity contribution >= 4 is 39.9 Å². The Morgan fingerprint density at radius 3 is 2.28 bits per heavy atom. The van der Waals surface area contributed by atoms with E-state index in [1.54, 1.807) is 29.7 Å². The summed E-state index contributed by atoms with van der Waals surface area (Å²) in [6.45, 7) is 3.76. The first kappa shape index (κ1) is 22.1. The lowest BCUT2D eigenvalue weighted by Crippen LogP contribution is -2.32. The number of halogens is 2. The van der Waals surface area contributed by atoms with Crippen LogP contribution in [0.2, 0.25) is 10.0 Å². The molecule has 0 aliphatic heterocycles. The Bertz CT molecular complexity index is 1360. The fraction of sp³-hybridized carbons (Fsp3) is 0.154. The maximum atomic E-state index is 13.6. The van der Waals surface area contributed by atoms with Crippen LogP contribution in [0, 0.1) is 6.92 Å². The highest BCUT2D eigenvalue weighted by atomic mass is 35.5. The van der Waals surface area contributed by atoms with Crippen LogP contribution < -0.4 is 10.9 Å². The summed E-state index contributed by atoms with van der Waals surface area (Å²) in [5.41, 5.74) is 2.22. The molecule has 1 heterocycles. The molecular weight excluding hydrogens is 443 g/mol. The first-order chi connectivity index (χ1) is 15.4. The quantitative estimate of drug-likeness (QED) is 0.367. The van der Waals surface area contributed by atoms with Crippen molar-refractivity contribution in [3.05, 3.63) is 110 Å². The van der Waals surface area contributed by atoms with Gasteiger partial charge in [0.2, 0.25) is 0 Å². The molecule has 0 unspecified atom stereocenters. The molecular formula is C26H22Cl2N2O2. The predicted octanol–water partition coefficient (Wildman–Crippen LogP) is 6.49. The zero-order valence-electron chi connectivity index (χ0n) is 17.7. The van der Waals surface area contributed by atoms with Gasteiger partial charge in [0, 0.05) is 21.8 Å². The summed E-state index contributed by atoms with van der Waals surface area (Å²) in [5, 5.41) is 4.86. The van der Waals surface area contributed by atoms with E-state index in [0.717, 1.165) is 5.56 Å². The molecule has 1 aromatic heterocycles. The highest BCUT2D eigenvalue weighted by molar-refractivity contribution is 6.36. The molecule has 4 rings (SSSR count). The van der Waals surface area contributed by atoms with Crippen LogP contribution in [0.25, 0.3) is 16.5 Å². The van der Waals surface area contributed by atoms with Crippen LogP contribution in [0.3, 0.4) is 0 Å². The number of carbonyl (C=O) groups is 1. The van der Waals surface area contributed by atoms with Crippen LogP contribution in [-0.4, -0.2) is 10.5 Å². The summed E-state index contributed by atoms with van der Waals surface area (Å²) in [7, 11) is 0. The van der Waals surface area contributed by atoms with Crippen molar-refractivity contribution in [1.82, 2.24) is 9.88 Å². The van der Waals surface area contributed by atoms with E-state index in [1.807, 2.05) is 61.5 Å². The van der Waals surface area contributed by atoms with Crippen LogP contribution in [-0.2, 0) is 0 Å². The maximum absolute atomic E-state index is 13.6. The minimum atomic E-state index is -0.286. The number of nitrogens with one attached hydrogen (secondary N) is 1. The van der Waals surface area contributed by atoms with E-state index in [0.29, 0.717) is 44.2 Å². The Hall–Kier alpha value is -3.08. The van der Waals surface area contributed by atoms with Gasteiger partial charge in [-0.1, -0.05) is 78.7 Å². The second-order valence-electron chi connectivity index (χ2n) is 7.55. The average Bonchev–Trinajstić information content (AvgIpc) is 2.78. The summed E-state index contributed by atoms with van der Waals surface area (Å²) < 4.78 is 1.54. The highest BCUT2D eigenvalue weighted by Gasteiger charge is 2.24. The van der Waals surface area contributed by atoms with Gasteiger partial charge in [0.15, 0.2) is 0 Å². The van der Waals surface area contributed by atoms with E-state index in [2.05, 4.69) is 5.32 Å². The molecule has 0 bridgehead atoms. The molecule has 0 aliphatic carbocycles. The van der Waals surface area contributed by atoms with E-state index in [-0.39, 0.29) is 17.5 Å². The normalized spacial score (nSPS) is 12.0. The zero-order chi connectivity index (χ0) is 22.8.